The van der Waals surface area contributed by atoms with Gasteiger partial charge in [-0.05, 0) is 25.0 Å². The molecule has 1 aliphatic rings. The number of halogens is 3. The zero-order valence-corrected chi connectivity index (χ0v) is 16.4. The fourth-order valence-electron chi connectivity index (χ4n) is 3.48. The number of aryl methyl sites for hydroxylation is 1. The van der Waals surface area contributed by atoms with Gasteiger partial charge in [0.1, 0.15) is 16.5 Å². The van der Waals surface area contributed by atoms with Crippen LogP contribution in [0.25, 0.3) is 5.69 Å². The Kier molecular flexibility index (Phi) is 5.23. The number of nitrogens with zero attached hydrogens (tertiary/aromatic N) is 5. The van der Waals surface area contributed by atoms with E-state index in [2.05, 4.69) is 20.4 Å². The maximum Gasteiger partial charge on any atom is 0.292 e. The van der Waals surface area contributed by atoms with Gasteiger partial charge in [-0.15, -0.1) is 0 Å². The first-order chi connectivity index (χ1) is 13.9. The van der Waals surface area contributed by atoms with Gasteiger partial charge in [-0.1, -0.05) is 11.6 Å². The Morgan fingerprint density at radius 1 is 1.24 bits per heavy atom. The van der Waals surface area contributed by atoms with Crippen molar-refractivity contribution in [2.45, 2.75) is 18.9 Å². The second-order valence-electron chi connectivity index (χ2n) is 6.99. The summed E-state index contributed by atoms with van der Waals surface area (Å²) in [6, 6.07) is 2.95. The maximum atomic E-state index is 14.0. The van der Waals surface area contributed by atoms with Crippen molar-refractivity contribution in [1.29, 1.82) is 0 Å². The van der Waals surface area contributed by atoms with E-state index in [9.17, 15) is 13.6 Å². The van der Waals surface area contributed by atoms with Crippen LogP contribution in [0, 0.1) is 11.6 Å². The molecule has 152 valence electrons. The maximum absolute atomic E-state index is 14.0. The number of nitrogens with one attached hydrogen (secondary N) is 1. The molecule has 29 heavy (non-hydrogen) atoms. The second kappa shape index (κ2) is 7.82. The smallest absolute Gasteiger partial charge is 0.292 e. The highest BCUT2D eigenvalue weighted by Crippen LogP contribution is 2.24. The van der Waals surface area contributed by atoms with Crippen LogP contribution in [-0.2, 0) is 7.05 Å². The van der Waals surface area contributed by atoms with Crippen LogP contribution < -0.4 is 15.8 Å². The SMILES string of the molecule is Cn1cc(N2CCCC(Nc3cnn(-c4ccc(F)cc4F)c(=O)c3Cl)C2)cn1. The first kappa shape index (κ1) is 19.4. The Balaban J connectivity index is 1.55. The lowest BCUT2D eigenvalue weighted by atomic mass is 10.1. The van der Waals surface area contributed by atoms with Gasteiger partial charge in [0.05, 0.1) is 23.8 Å². The van der Waals surface area contributed by atoms with E-state index in [0.29, 0.717) is 11.8 Å². The molecule has 4 rings (SSSR count). The number of benzene rings is 1. The van der Waals surface area contributed by atoms with Gasteiger partial charge in [0.25, 0.3) is 5.56 Å². The number of hydrogen-bond donors (Lipinski definition) is 1. The molecule has 1 atom stereocenters. The van der Waals surface area contributed by atoms with Crippen molar-refractivity contribution in [3.05, 3.63) is 63.8 Å². The zero-order chi connectivity index (χ0) is 20.5. The van der Waals surface area contributed by atoms with E-state index >= 15 is 0 Å². The van der Waals surface area contributed by atoms with E-state index in [1.165, 1.54) is 6.20 Å². The minimum Gasteiger partial charge on any atom is -0.378 e. The van der Waals surface area contributed by atoms with Crippen LogP contribution in [0.4, 0.5) is 20.2 Å². The highest BCUT2D eigenvalue weighted by Gasteiger charge is 2.23. The molecule has 3 heterocycles. The summed E-state index contributed by atoms with van der Waals surface area (Å²) in [5, 5.41) is 11.4. The molecule has 7 nitrogen and oxygen atoms in total. The van der Waals surface area contributed by atoms with Crippen molar-refractivity contribution >= 4 is 23.0 Å². The molecule has 2 aromatic heterocycles. The van der Waals surface area contributed by atoms with Crippen LogP contribution in [0.5, 0.6) is 0 Å². The number of hydrogen-bond acceptors (Lipinski definition) is 5. The lowest BCUT2D eigenvalue weighted by Crippen LogP contribution is -2.42. The Bertz CT molecular complexity index is 1100. The van der Waals surface area contributed by atoms with Crippen LogP contribution >= 0.6 is 11.6 Å². The average Bonchev–Trinajstić information content (AvgIpc) is 3.13. The topological polar surface area (TPSA) is 68.0 Å². The van der Waals surface area contributed by atoms with E-state index in [1.807, 2.05) is 19.4 Å². The quantitative estimate of drug-likeness (QED) is 0.702. The van der Waals surface area contributed by atoms with Gasteiger partial charge in [-0.3, -0.25) is 9.48 Å². The van der Waals surface area contributed by atoms with E-state index in [0.717, 1.165) is 48.4 Å². The van der Waals surface area contributed by atoms with Gasteiger partial charge in [0.2, 0.25) is 0 Å². The lowest BCUT2D eigenvalue weighted by molar-refractivity contribution is 0.529. The molecule has 0 radical (unpaired) electrons. The van der Waals surface area contributed by atoms with Crippen LogP contribution in [0.2, 0.25) is 5.02 Å². The standard InChI is InChI=1S/C19H19ClF2N6O/c1-26-11-14(8-23-26)27-6-2-3-13(10-27)25-16-9-24-28(19(29)18(16)20)17-5-4-12(21)7-15(17)22/h4-5,7-9,11,13,25H,2-3,6,10H2,1H3. The Morgan fingerprint density at radius 3 is 2.79 bits per heavy atom. The summed E-state index contributed by atoms with van der Waals surface area (Å²) in [6.07, 6.45) is 7.03. The van der Waals surface area contributed by atoms with E-state index in [1.54, 1.807) is 4.68 Å². The first-order valence-corrected chi connectivity index (χ1v) is 9.53. The number of piperidine rings is 1. The number of aromatic nitrogens is 4. The van der Waals surface area contributed by atoms with Crippen LogP contribution in [0.1, 0.15) is 12.8 Å². The van der Waals surface area contributed by atoms with Crippen LogP contribution in [0.3, 0.4) is 0 Å². The predicted octanol–water partition coefficient (Wildman–Crippen LogP) is 2.98. The van der Waals surface area contributed by atoms with Gasteiger partial charge in [0.15, 0.2) is 5.82 Å². The van der Waals surface area contributed by atoms with Crippen molar-refractivity contribution in [3.8, 4) is 5.69 Å². The normalized spacial score (nSPS) is 16.8. The third-order valence-corrected chi connectivity index (χ3v) is 5.26. The first-order valence-electron chi connectivity index (χ1n) is 9.16. The molecule has 0 spiro atoms. The minimum atomic E-state index is -0.893. The fourth-order valence-corrected chi connectivity index (χ4v) is 3.66. The monoisotopic (exact) mass is 420 g/mol. The van der Waals surface area contributed by atoms with Gasteiger partial charge in [-0.2, -0.15) is 14.9 Å². The molecule has 1 aromatic carbocycles. The average molecular weight is 421 g/mol. The Hall–Kier alpha value is -2.94. The van der Waals surface area contributed by atoms with Gasteiger partial charge in [0, 0.05) is 38.4 Å². The third kappa shape index (κ3) is 3.95. The van der Waals surface area contributed by atoms with Crippen molar-refractivity contribution in [3.63, 3.8) is 0 Å². The largest absolute Gasteiger partial charge is 0.378 e. The second-order valence-corrected chi connectivity index (χ2v) is 7.36. The summed E-state index contributed by atoms with van der Waals surface area (Å²) >= 11 is 6.25. The van der Waals surface area contributed by atoms with Crippen molar-refractivity contribution < 1.29 is 8.78 Å². The van der Waals surface area contributed by atoms with Crippen LogP contribution in [0.15, 0.2) is 41.6 Å². The van der Waals surface area contributed by atoms with E-state index in [-0.39, 0.29) is 16.8 Å². The molecule has 10 heteroatoms. The van der Waals surface area contributed by atoms with Gasteiger partial charge >= 0.3 is 0 Å². The zero-order valence-electron chi connectivity index (χ0n) is 15.6. The Morgan fingerprint density at radius 2 is 2.07 bits per heavy atom. The summed E-state index contributed by atoms with van der Waals surface area (Å²) < 4.78 is 29.7. The van der Waals surface area contributed by atoms with Crippen LogP contribution in [-0.4, -0.2) is 38.7 Å². The molecule has 0 aliphatic carbocycles. The van der Waals surface area contributed by atoms with Gasteiger partial charge < -0.3 is 10.2 Å². The summed E-state index contributed by atoms with van der Waals surface area (Å²) in [7, 11) is 1.87. The molecule has 1 fully saturated rings. The molecular weight excluding hydrogens is 402 g/mol. The highest BCUT2D eigenvalue weighted by molar-refractivity contribution is 6.33. The summed E-state index contributed by atoms with van der Waals surface area (Å²) in [5.74, 6) is -1.63. The molecule has 1 aliphatic heterocycles. The summed E-state index contributed by atoms with van der Waals surface area (Å²) in [4.78, 5) is 14.8. The number of rotatable bonds is 4. The van der Waals surface area contributed by atoms with Crippen molar-refractivity contribution in [2.75, 3.05) is 23.3 Å². The molecule has 3 aromatic rings. The van der Waals surface area contributed by atoms with E-state index in [4.69, 9.17) is 11.6 Å². The van der Waals surface area contributed by atoms with Gasteiger partial charge in [-0.25, -0.2) is 8.78 Å². The predicted molar refractivity (Wildman–Crippen MR) is 107 cm³/mol. The van der Waals surface area contributed by atoms with Crippen molar-refractivity contribution in [1.82, 2.24) is 19.6 Å². The molecule has 0 bridgehead atoms. The highest BCUT2D eigenvalue weighted by atomic mass is 35.5. The molecule has 1 N–H and O–H groups in total. The Labute approximate surface area is 170 Å². The molecular formula is C19H19ClF2N6O. The number of anilines is 2. The minimum absolute atomic E-state index is 0.0565. The summed E-state index contributed by atoms with van der Waals surface area (Å²) in [5.41, 5.74) is 0.575. The van der Waals surface area contributed by atoms with E-state index < -0.39 is 17.2 Å². The molecule has 1 unspecified atom stereocenters. The third-order valence-electron chi connectivity index (χ3n) is 4.89. The lowest BCUT2D eigenvalue weighted by Gasteiger charge is -2.34. The molecule has 0 amide bonds. The molecule has 0 saturated carbocycles. The fraction of sp³-hybridized carbons (Fsp3) is 0.316. The van der Waals surface area contributed by atoms with Crippen molar-refractivity contribution in [2.24, 2.45) is 7.05 Å². The molecule has 1 saturated heterocycles. The summed E-state index contributed by atoms with van der Waals surface area (Å²) in [6.45, 7) is 1.64.